The van der Waals surface area contributed by atoms with E-state index in [1.165, 1.54) is 0 Å². The third-order valence-electron chi connectivity index (χ3n) is 2.97. The molecule has 2 atom stereocenters. The van der Waals surface area contributed by atoms with Gasteiger partial charge in [0.2, 0.25) is 5.91 Å². The molecule has 2 unspecified atom stereocenters. The van der Waals surface area contributed by atoms with E-state index < -0.39 is 0 Å². The summed E-state index contributed by atoms with van der Waals surface area (Å²) in [5, 5.41) is 0. The molecule has 0 radical (unpaired) electrons. The number of rotatable bonds is 4. The Morgan fingerprint density at radius 2 is 2.36 bits per heavy atom. The van der Waals surface area contributed by atoms with Gasteiger partial charge < -0.3 is 10.6 Å². The SMILES string of the molecule is CCCC(N)CC(=O)N1CCCC1C. The van der Waals surface area contributed by atoms with E-state index in [-0.39, 0.29) is 11.9 Å². The molecule has 1 saturated heterocycles. The van der Waals surface area contributed by atoms with Crippen molar-refractivity contribution in [2.45, 2.75) is 58.0 Å². The Hall–Kier alpha value is -0.570. The van der Waals surface area contributed by atoms with E-state index >= 15 is 0 Å². The zero-order valence-electron chi connectivity index (χ0n) is 9.33. The van der Waals surface area contributed by atoms with Crippen LogP contribution in [0, 0.1) is 0 Å². The highest BCUT2D eigenvalue weighted by atomic mass is 16.2. The van der Waals surface area contributed by atoms with E-state index in [0.29, 0.717) is 12.5 Å². The van der Waals surface area contributed by atoms with Crippen molar-refractivity contribution in [3.63, 3.8) is 0 Å². The molecule has 0 aromatic rings. The third kappa shape index (κ3) is 2.98. The molecule has 0 spiro atoms. The first-order valence-corrected chi connectivity index (χ1v) is 5.70. The van der Waals surface area contributed by atoms with Crippen LogP contribution >= 0.6 is 0 Å². The van der Waals surface area contributed by atoms with Crippen LogP contribution in [0.25, 0.3) is 0 Å². The number of amides is 1. The summed E-state index contributed by atoms with van der Waals surface area (Å²) in [6.07, 6.45) is 4.83. The maximum absolute atomic E-state index is 11.8. The Balaban J connectivity index is 2.33. The predicted octanol–water partition coefficient (Wildman–Crippen LogP) is 1.51. The Morgan fingerprint density at radius 1 is 1.64 bits per heavy atom. The summed E-state index contributed by atoms with van der Waals surface area (Å²) in [4.78, 5) is 13.8. The van der Waals surface area contributed by atoms with E-state index in [9.17, 15) is 4.79 Å². The van der Waals surface area contributed by atoms with Crippen molar-refractivity contribution >= 4 is 5.91 Å². The maximum atomic E-state index is 11.8. The van der Waals surface area contributed by atoms with Gasteiger partial charge in [-0.2, -0.15) is 0 Å². The monoisotopic (exact) mass is 198 g/mol. The minimum atomic E-state index is 0.0558. The number of likely N-dealkylation sites (tertiary alicyclic amines) is 1. The molecule has 0 aromatic carbocycles. The molecule has 0 saturated carbocycles. The molecule has 3 nitrogen and oxygen atoms in total. The summed E-state index contributed by atoms with van der Waals surface area (Å²) in [5.41, 5.74) is 5.85. The van der Waals surface area contributed by atoms with Crippen LogP contribution in [-0.2, 0) is 4.79 Å². The smallest absolute Gasteiger partial charge is 0.224 e. The van der Waals surface area contributed by atoms with Crippen LogP contribution in [0.2, 0.25) is 0 Å². The molecule has 1 heterocycles. The lowest BCUT2D eigenvalue weighted by Gasteiger charge is -2.23. The van der Waals surface area contributed by atoms with Gasteiger partial charge in [-0.05, 0) is 26.2 Å². The molecular weight excluding hydrogens is 176 g/mol. The van der Waals surface area contributed by atoms with Gasteiger partial charge in [0.25, 0.3) is 0 Å². The highest BCUT2D eigenvalue weighted by Gasteiger charge is 2.25. The van der Waals surface area contributed by atoms with Crippen molar-refractivity contribution in [2.75, 3.05) is 6.54 Å². The molecule has 2 N–H and O–H groups in total. The normalized spacial score (nSPS) is 23.9. The van der Waals surface area contributed by atoms with Gasteiger partial charge in [0, 0.05) is 25.0 Å². The number of carbonyl (C=O) groups excluding carboxylic acids is 1. The zero-order chi connectivity index (χ0) is 10.6. The minimum absolute atomic E-state index is 0.0558. The highest BCUT2D eigenvalue weighted by Crippen LogP contribution is 2.18. The van der Waals surface area contributed by atoms with Crippen LogP contribution in [-0.4, -0.2) is 29.4 Å². The Bertz CT molecular complexity index is 194. The topological polar surface area (TPSA) is 46.3 Å². The average Bonchev–Trinajstić information content (AvgIpc) is 2.51. The lowest BCUT2D eigenvalue weighted by Crippen LogP contribution is -2.37. The second kappa shape index (κ2) is 5.35. The fourth-order valence-corrected chi connectivity index (χ4v) is 2.12. The van der Waals surface area contributed by atoms with Crippen molar-refractivity contribution in [1.29, 1.82) is 0 Å². The molecule has 0 aromatic heterocycles. The number of carbonyl (C=O) groups is 1. The summed E-state index contributed by atoms with van der Waals surface area (Å²) < 4.78 is 0. The molecule has 82 valence electrons. The van der Waals surface area contributed by atoms with Crippen molar-refractivity contribution in [2.24, 2.45) is 5.73 Å². The molecule has 1 amide bonds. The molecule has 1 rings (SSSR count). The summed E-state index contributed by atoms with van der Waals surface area (Å²) in [5.74, 6) is 0.246. The van der Waals surface area contributed by atoms with Crippen molar-refractivity contribution in [1.82, 2.24) is 4.90 Å². The number of hydrogen-bond acceptors (Lipinski definition) is 2. The Labute approximate surface area is 86.6 Å². The van der Waals surface area contributed by atoms with Gasteiger partial charge in [0.1, 0.15) is 0 Å². The van der Waals surface area contributed by atoms with Crippen molar-refractivity contribution in [3.05, 3.63) is 0 Å². The summed E-state index contributed by atoms with van der Waals surface area (Å²) in [7, 11) is 0. The van der Waals surface area contributed by atoms with Crippen LogP contribution in [0.5, 0.6) is 0 Å². The number of hydrogen-bond donors (Lipinski definition) is 1. The molecule has 0 aliphatic carbocycles. The van der Waals surface area contributed by atoms with Crippen LogP contribution in [0.15, 0.2) is 0 Å². The van der Waals surface area contributed by atoms with E-state index in [2.05, 4.69) is 13.8 Å². The van der Waals surface area contributed by atoms with E-state index in [0.717, 1.165) is 32.2 Å². The van der Waals surface area contributed by atoms with E-state index in [4.69, 9.17) is 5.73 Å². The van der Waals surface area contributed by atoms with Crippen LogP contribution in [0.3, 0.4) is 0 Å². The summed E-state index contributed by atoms with van der Waals surface area (Å²) in [6, 6.07) is 0.483. The summed E-state index contributed by atoms with van der Waals surface area (Å²) in [6.45, 7) is 5.15. The first-order chi connectivity index (χ1) is 6.65. The Kier molecular flexibility index (Phi) is 4.39. The third-order valence-corrected chi connectivity index (χ3v) is 2.97. The van der Waals surface area contributed by atoms with Crippen LogP contribution in [0.1, 0.15) is 46.0 Å². The summed E-state index contributed by atoms with van der Waals surface area (Å²) >= 11 is 0. The predicted molar refractivity (Wildman–Crippen MR) is 57.9 cm³/mol. The standard InChI is InChI=1S/C11H22N2O/c1-3-5-10(12)8-11(14)13-7-4-6-9(13)2/h9-10H,3-8,12H2,1-2H3. The Morgan fingerprint density at radius 3 is 2.86 bits per heavy atom. The van der Waals surface area contributed by atoms with Gasteiger partial charge >= 0.3 is 0 Å². The molecule has 1 aliphatic heterocycles. The highest BCUT2D eigenvalue weighted by molar-refractivity contribution is 5.77. The fraction of sp³-hybridized carbons (Fsp3) is 0.909. The van der Waals surface area contributed by atoms with Crippen molar-refractivity contribution in [3.8, 4) is 0 Å². The molecular formula is C11H22N2O. The van der Waals surface area contributed by atoms with Gasteiger partial charge in [-0.3, -0.25) is 4.79 Å². The second-order valence-electron chi connectivity index (χ2n) is 4.33. The largest absolute Gasteiger partial charge is 0.340 e. The first kappa shape index (κ1) is 11.5. The molecule has 1 fully saturated rings. The molecule has 14 heavy (non-hydrogen) atoms. The number of nitrogens with two attached hydrogens (primary N) is 1. The second-order valence-corrected chi connectivity index (χ2v) is 4.33. The lowest BCUT2D eigenvalue weighted by atomic mass is 10.1. The average molecular weight is 198 g/mol. The van der Waals surface area contributed by atoms with Gasteiger partial charge in [0.15, 0.2) is 0 Å². The molecule has 1 aliphatic rings. The van der Waals surface area contributed by atoms with Crippen LogP contribution in [0.4, 0.5) is 0 Å². The molecule has 3 heteroatoms. The fourth-order valence-electron chi connectivity index (χ4n) is 2.12. The minimum Gasteiger partial charge on any atom is -0.340 e. The number of nitrogens with zero attached hydrogens (tertiary/aromatic N) is 1. The van der Waals surface area contributed by atoms with Crippen LogP contribution < -0.4 is 5.73 Å². The lowest BCUT2D eigenvalue weighted by molar-refractivity contribution is -0.132. The van der Waals surface area contributed by atoms with Gasteiger partial charge in [-0.1, -0.05) is 13.3 Å². The van der Waals surface area contributed by atoms with E-state index in [1.807, 2.05) is 4.90 Å². The van der Waals surface area contributed by atoms with E-state index in [1.54, 1.807) is 0 Å². The first-order valence-electron chi connectivity index (χ1n) is 5.70. The van der Waals surface area contributed by atoms with Gasteiger partial charge in [0.05, 0.1) is 0 Å². The zero-order valence-corrected chi connectivity index (χ0v) is 9.33. The van der Waals surface area contributed by atoms with Gasteiger partial charge in [-0.25, -0.2) is 0 Å². The quantitative estimate of drug-likeness (QED) is 0.744. The van der Waals surface area contributed by atoms with Gasteiger partial charge in [-0.15, -0.1) is 0 Å². The molecule has 0 bridgehead atoms. The van der Waals surface area contributed by atoms with Crippen molar-refractivity contribution < 1.29 is 4.79 Å². The maximum Gasteiger partial charge on any atom is 0.224 e.